The molecule has 0 unspecified atom stereocenters. The van der Waals surface area contributed by atoms with Crippen LogP contribution in [0.3, 0.4) is 0 Å². The highest BCUT2D eigenvalue weighted by Gasteiger charge is 2.15. The molecule has 0 atom stereocenters. The molecule has 0 bridgehead atoms. The molecule has 148 valence electrons. The predicted molar refractivity (Wildman–Crippen MR) is 112 cm³/mol. The first-order chi connectivity index (χ1) is 14.8. The monoisotopic (exact) mass is 399 g/mol. The molecule has 5 aromatic rings. The summed E-state index contributed by atoms with van der Waals surface area (Å²) in [4.78, 5) is 16.8. The summed E-state index contributed by atoms with van der Waals surface area (Å²) in [5, 5.41) is 20.0. The largest absolute Gasteiger partial charge is 0.411 e. The summed E-state index contributed by atoms with van der Waals surface area (Å²) >= 11 is 0. The highest BCUT2D eigenvalue weighted by molar-refractivity contribution is 5.94. The molecule has 4 heterocycles. The lowest BCUT2D eigenvalue weighted by Crippen LogP contribution is -1.89. The summed E-state index contributed by atoms with van der Waals surface area (Å²) in [6.07, 6.45) is 6.41. The number of aromatic nitrogens is 6. The van der Waals surface area contributed by atoms with Crippen LogP contribution in [0.15, 0.2) is 54.1 Å². The normalized spacial score (nSPS) is 11.8. The second-order valence-corrected chi connectivity index (χ2v) is 6.78. The van der Waals surface area contributed by atoms with Crippen molar-refractivity contribution in [2.75, 3.05) is 7.11 Å². The fraction of sp³-hybridized carbons (Fsp3) is 0.0952. The van der Waals surface area contributed by atoms with Crippen LogP contribution in [-0.4, -0.2) is 48.7 Å². The first-order valence-electron chi connectivity index (χ1n) is 9.20. The maximum absolute atomic E-state index is 8.77. The smallest absolute Gasteiger partial charge is 0.181 e. The van der Waals surface area contributed by atoms with Crippen LogP contribution >= 0.6 is 0 Å². The molecule has 30 heavy (non-hydrogen) atoms. The van der Waals surface area contributed by atoms with Gasteiger partial charge in [0.15, 0.2) is 11.5 Å². The number of rotatable bonds is 5. The lowest BCUT2D eigenvalue weighted by Gasteiger charge is -2.02. The molecule has 0 amide bonds. The number of ether oxygens (including phenoxy) is 1. The Morgan fingerprint density at radius 1 is 1.17 bits per heavy atom. The van der Waals surface area contributed by atoms with E-state index in [4.69, 9.17) is 14.9 Å². The van der Waals surface area contributed by atoms with Gasteiger partial charge in [-0.15, -0.1) is 0 Å². The van der Waals surface area contributed by atoms with Crippen molar-refractivity contribution in [1.82, 2.24) is 30.1 Å². The van der Waals surface area contributed by atoms with Gasteiger partial charge < -0.3 is 14.9 Å². The lowest BCUT2D eigenvalue weighted by atomic mass is 10.1. The average molecular weight is 399 g/mol. The van der Waals surface area contributed by atoms with Gasteiger partial charge in [-0.2, -0.15) is 5.10 Å². The maximum Gasteiger partial charge on any atom is 0.181 e. The molecule has 0 saturated heterocycles. The SMILES string of the molecule is COCc1cccc2[nH]c(-c3[nH]nc4ncc(-c5cncc(C=NO)c5)cc34)nc12. The first-order valence-corrected chi connectivity index (χ1v) is 9.20. The number of imidazole rings is 1. The third-order valence-electron chi connectivity index (χ3n) is 4.84. The summed E-state index contributed by atoms with van der Waals surface area (Å²) < 4.78 is 5.28. The van der Waals surface area contributed by atoms with Crippen LogP contribution in [0.4, 0.5) is 0 Å². The van der Waals surface area contributed by atoms with E-state index in [1.807, 2.05) is 30.3 Å². The number of aromatic amines is 2. The van der Waals surface area contributed by atoms with Gasteiger partial charge in [-0.1, -0.05) is 17.3 Å². The first kappa shape index (κ1) is 18.0. The Morgan fingerprint density at radius 3 is 2.93 bits per heavy atom. The number of pyridine rings is 2. The van der Waals surface area contributed by atoms with Gasteiger partial charge in [-0.3, -0.25) is 10.1 Å². The number of hydrogen-bond acceptors (Lipinski definition) is 7. The van der Waals surface area contributed by atoms with Gasteiger partial charge in [-0.05, 0) is 18.2 Å². The summed E-state index contributed by atoms with van der Waals surface area (Å²) in [6.45, 7) is 0.484. The van der Waals surface area contributed by atoms with Gasteiger partial charge >= 0.3 is 0 Å². The third-order valence-corrected chi connectivity index (χ3v) is 4.84. The van der Waals surface area contributed by atoms with Gasteiger partial charge in [0.05, 0.1) is 29.2 Å². The number of benzene rings is 1. The molecule has 9 heteroatoms. The van der Waals surface area contributed by atoms with Crippen molar-refractivity contribution in [3.05, 3.63) is 60.0 Å². The van der Waals surface area contributed by atoms with E-state index in [1.54, 1.807) is 25.7 Å². The maximum atomic E-state index is 8.77. The zero-order chi connectivity index (χ0) is 20.5. The van der Waals surface area contributed by atoms with E-state index >= 15 is 0 Å². The minimum absolute atomic E-state index is 0.484. The highest BCUT2D eigenvalue weighted by Crippen LogP contribution is 2.29. The molecule has 0 aliphatic rings. The predicted octanol–water partition coefficient (Wildman–Crippen LogP) is 3.52. The van der Waals surface area contributed by atoms with Crippen LogP contribution in [0, 0.1) is 0 Å². The summed E-state index contributed by atoms with van der Waals surface area (Å²) in [5.41, 5.74) is 6.53. The Hall–Kier alpha value is -4.11. The molecule has 0 radical (unpaired) electrons. The van der Waals surface area contributed by atoms with Crippen LogP contribution in [0.2, 0.25) is 0 Å². The topological polar surface area (TPSA) is 125 Å². The van der Waals surface area contributed by atoms with Crippen LogP contribution in [0.5, 0.6) is 0 Å². The standard InChI is InChI=1S/C21H17N7O2/c1-30-11-13-3-2-4-17-18(13)26-21(25-17)19-16-6-15(10-23-20(16)28-27-19)14-5-12(8-24-29)7-22-9-14/h2-10,29H,11H2,1H3,(H,25,26)(H,23,27,28). The van der Waals surface area contributed by atoms with E-state index in [1.165, 1.54) is 6.21 Å². The van der Waals surface area contributed by atoms with Crippen LogP contribution in [0.25, 0.3) is 44.7 Å². The lowest BCUT2D eigenvalue weighted by molar-refractivity contribution is 0.186. The molecular formula is C21H17N7O2. The van der Waals surface area contributed by atoms with Crippen LogP contribution in [-0.2, 0) is 11.3 Å². The van der Waals surface area contributed by atoms with Crippen molar-refractivity contribution in [2.45, 2.75) is 6.61 Å². The van der Waals surface area contributed by atoms with E-state index in [-0.39, 0.29) is 0 Å². The van der Waals surface area contributed by atoms with Crippen molar-refractivity contribution >= 4 is 28.3 Å². The summed E-state index contributed by atoms with van der Waals surface area (Å²) in [5.74, 6) is 0.675. The molecule has 3 N–H and O–H groups in total. The van der Waals surface area contributed by atoms with Crippen molar-refractivity contribution in [2.24, 2.45) is 5.16 Å². The van der Waals surface area contributed by atoms with Crippen molar-refractivity contribution < 1.29 is 9.94 Å². The van der Waals surface area contributed by atoms with Gasteiger partial charge in [-0.25, -0.2) is 9.97 Å². The average Bonchev–Trinajstić information content (AvgIpc) is 3.38. The van der Waals surface area contributed by atoms with Crippen molar-refractivity contribution in [3.8, 4) is 22.6 Å². The zero-order valence-corrected chi connectivity index (χ0v) is 16.0. The Labute approximate surface area is 170 Å². The third kappa shape index (κ3) is 3.07. The number of nitrogens with zero attached hydrogens (tertiary/aromatic N) is 5. The number of H-pyrrole nitrogens is 2. The minimum Gasteiger partial charge on any atom is -0.411 e. The van der Waals surface area contributed by atoms with Crippen molar-refractivity contribution in [3.63, 3.8) is 0 Å². The molecule has 0 saturated carbocycles. The molecule has 0 aliphatic heterocycles. The van der Waals surface area contributed by atoms with Gasteiger partial charge in [0.2, 0.25) is 0 Å². The molecule has 0 aliphatic carbocycles. The van der Waals surface area contributed by atoms with E-state index < -0.39 is 0 Å². The molecule has 0 fully saturated rings. The summed E-state index contributed by atoms with van der Waals surface area (Å²) in [7, 11) is 1.66. The molecular weight excluding hydrogens is 382 g/mol. The van der Waals surface area contributed by atoms with E-state index in [0.29, 0.717) is 23.6 Å². The number of para-hydroxylation sites is 1. The number of methoxy groups -OCH3 is 1. The second-order valence-electron chi connectivity index (χ2n) is 6.78. The van der Waals surface area contributed by atoms with Gasteiger partial charge in [0, 0.05) is 48.0 Å². The van der Waals surface area contributed by atoms with Crippen molar-refractivity contribution in [1.29, 1.82) is 0 Å². The van der Waals surface area contributed by atoms with E-state index in [9.17, 15) is 0 Å². The number of oxime groups is 1. The Balaban J connectivity index is 1.63. The van der Waals surface area contributed by atoms with E-state index in [0.717, 1.165) is 38.8 Å². The summed E-state index contributed by atoms with van der Waals surface area (Å²) in [6, 6.07) is 9.80. The Kier molecular flexibility index (Phi) is 4.41. The fourth-order valence-corrected chi connectivity index (χ4v) is 3.47. The molecule has 0 spiro atoms. The zero-order valence-electron chi connectivity index (χ0n) is 16.0. The molecule has 9 nitrogen and oxygen atoms in total. The fourth-order valence-electron chi connectivity index (χ4n) is 3.47. The number of fused-ring (bicyclic) bond motifs is 2. The minimum atomic E-state index is 0.484. The number of nitrogens with one attached hydrogen (secondary N) is 2. The molecule has 1 aromatic carbocycles. The van der Waals surface area contributed by atoms with Crippen LogP contribution < -0.4 is 0 Å². The van der Waals surface area contributed by atoms with E-state index in [2.05, 4.69) is 30.3 Å². The van der Waals surface area contributed by atoms with Gasteiger partial charge in [0.25, 0.3) is 0 Å². The second kappa shape index (κ2) is 7.37. The van der Waals surface area contributed by atoms with Gasteiger partial charge in [0.1, 0.15) is 5.69 Å². The molecule has 4 aromatic heterocycles. The quantitative estimate of drug-likeness (QED) is 0.236. The molecule has 5 rings (SSSR count). The Morgan fingerprint density at radius 2 is 2.07 bits per heavy atom. The number of hydrogen-bond donors (Lipinski definition) is 3. The Bertz CT molecular complexity index is 1390. The highest BCUT2D eigenvalue weighted by atomic mass is 16.5. The van der Waals surface area contributed by atoms with Crippen LogP contribution in [0.1, 0.15) is 11.1 Å².